The molecular weight excluding hydrogens is 423 g/mol. The lowest BCUT2D eigenvalue weighted by Crippen LogP contribution is -2.47. The van der Waals surface area contributed by atoms with Gasteiger partial charge in [-0.1, -0.05) is 54.1 Å². The lowest BCUT2D eigenvalue weighted by atomic mass is 10.0. The fraction of sp³-hybridized carbons (Fsp3) is 0.333. The average molecular weight is 453 g/mol. The zero-order valence-electron chi connectivity index (χ0n) is 18.7. The first kappa shape index (κ1) is 22.6. The third kappa shape index (κ3) is 5.43. The third-order valence-corrected chi connectivity index (χ3v) is 6.48. The molecule has 0 aromatic heterocycles. The molecule has 1 saturated heterocycles. The number of ether oxygens (including phenoxy) is 1. The number of anilines is 1. The predicted molar refractivity (Wildman–Crippen MR) is 130 cm³/mol. The van der Waals surface area contributed by atoms with Gasteiger partial charge in [0, 0.05) is 39.1 Å². The number of nitrogens with zero attached hydrogens (tertiary/aromatic N) is 2. The summed E-state index contributed by atoms with van der Waals surface area (Å²) in [5.41, 5.74) is 4.36. The van der Waals surface area contributed by atoms with Gasteiger partial charge in [-0.2, -0.15) is 0 Å². The normalized spacial score (nSPS) is 15.6. The molecule has 0 amide bonds. The van der Waals surface area contributed by atoms with Crippen molar-refractivity contribution < 1.29 is 9.13 Å². The molecule has 1 atom stereocenters. The van der Waals surface area contributed by atoms with Gasteiger partial charge < -0.3 is 9.64 Å². The molecule has 0 spiro atoms. The van der Waals surface area contributed by atoms with Crippen molar-refractivity contribution in [3.05, 3.63) is 94.3 Å². The molecule has 1 unspecified atom stereocenters. The van der Waals surface area contributed by atoms with Crippen LogP contribution in [0, 0.1) is 19.7 Å². The maximum atomic E-state index is 14.4. The molecule has 3 aromatic carbocycles. The standard InChI is InChI=1S/C27H30ClFN2O/c1-20-11-12-24(29)27(19-20)32-26(22-8-4-3-7-21(22)2)13-14-30-15-17-31(18-16-30)25-10-6-5-9-23(25)28/h3-12,19,26H,13-18H2,1-2H3. The summed E-state index contributed by atoms with van der Waals surface area (Å²) < 4.78 is 20.7. The van der Waals surface area contributed by atoms with Crippen molar-refractivity contribution in [2.45, 2.75) is 26.4 Å². The zero-order chi connectivity index (χ0) is 22.5. The number of aryl methyl sites for hydroxylation is 2. The van der Waals surface area contributed by atoms with Crippen molar-refractivity contribution >= 4 is 17.3 Å². The van der Waals surface area contributed by atoms with Crippen LogP contribution in [-0.2, 0) is 0 Å². The van der Waals surface area contributed by atoms with Crippen LogP contribution < -0.4 is 9.64 Å². The number of halogens is 2. The molecule has 168 valence electrons. The molecule has 0 bridgehead atoms. The summed E-state index contributed by atoms with van der Waals surface area (Å²) in [5.74, 6) is 0.00401. The highest BCUT2D eigenvalue weighted by atomic mass is 35.5. The van der Waals surface area contributed by atoms with E-state index in [4.69, 9.17) is 16.3 Å². The van der Waals surface area contributed by atoms with Crippen LogP contribution in [0.3, 0.4) is 0 Å². The summed E-state index contributed by atoms with van der Waals surface area (Å²) in [5, 5.41) is 0.800. The summed E-state index contributed by atoms with van der Waals surface area (Å²) in [4.78, 5) is 4.80. The number of para-hydroxylation sites is 1. The lowest BCUT2D eigenvalue weighted by Gasteiger charge is -2.37. The highest BCUT2D eigenvalue weighted by molar-refractivity contribution is 6.33. The van der Waals surface area contributed by atoms with Crippen molar-refractivity contribution in [1.82, 2.24) is 4.90 Å². The van der Waals surface area contributed by atoms with E-state index < -0.39 is 0 Å². The Hall–Kier alpha value is -2.56. The van der Waals surface area contributed by atoms with E-state index in [0.717, 1.165) is 66.5 Å². The molecule has 1 aliphatic rings. The minimum atomic E-state index is -0.317. The lowest BCUT2D eigenvalue weighted by molar-refractivity contribution is 0.154. The highest BCUT2D eigenvalue weighted by Crippen LogP contribution is 2.30. The van der Waals surface area contributed by atoms with Crippen molar-refractivity contribution in [3.8, 4) is 5.75 Å². The Morgan fingerprint density at radius 2 is 1.66 bits per heavy atom. The van der Waals surface area contributed by atoms with Gasteiger partial charge in [-0.3, -0.25) is 4.90 Å². The Morgan fingerprint density at radius 1 is 0.938 bits per heavy atom. The molecule has 0 radical (unpaired) electrons. The second-order valence-electron chi connectivity index (χ2n) is 8.47. The van der Waals surface area contributed by atoms with E-state index in [9.17, 15) is 4.39 Å². The molecule has 1 fully saturated rings. The van der Waals surface area contributed by atoms with E-state index in [-0.39, 0.29) is 11.9 Å². The van der Waals surface area contributed by atoms with Crippen molar-refractivity contribution in [2.75, 3.05) is 37.6 Å². The summed E-state index contributed by atoms with van der Waals surface area (Å²) in [6.07, 6.45) is 0.596. The minimum Gasteiger partial charge on any atom is -0.483 e. The number of piperazine rings is 1. The Balaban J connectivity index is 1.42. The zero-order valence-corrected chi connectivity index (χ0v) is 19.5. The Labute approximate surface area is 195 Å². The van der Waals surface area contributed by atoms with Crippen LogP contribution in [-0.4, -0.2) is 37.6 Å². The SMILES string of the molecule is Cc1ccc(F)c(OC(CCN2CCN(c3ccccc3Cl)CC2)c2ccccc2C)c1. The van der Waals surface area contributed by atoms with Crippen LogP contribution in [0.25, 0.3) is 0 Å². The fourth-order valence-corrected chi connectivity index (χ4v) is 4.56. The predicted octanol–water partition coefficient (Wildman–Crippen LogP) is 6.43. The Kier molecular flexibility index (Phi) is 7.33. The fourth-order valence-electron chi connectivity index (χ4n) is 4.30. The van der Waals surface area contributed by atoms with Gasteiger partial charge in [0.05, 0.1) is 10.7 Å². The maximum absolute atomic E-state index is 14.4. The third-order valence-electron chi connectivity index (χ3n) is 6.16. The summed E-state index contributed by atoms with van der Waals surface area (Å²) in [7, 11) is 0. The highest BCUT2D eigenvalue weighted by Gasteiger charge is 2.22. The van der Waals surface area contributed by atoms with Crippen molar-refractivity contribution in [1.29, 1.82) is 0 Å². The van der Waals surface area contributed by atoms with Crippen LogP contribution in [0.2, 0.25) is 5.02 Å². The van der Waals surface area contributed by atoms with Gasteiger partial charge in [0.25, 0.3) is 0 Å². The summed E-state index contributed by atoms with van der Waals surface area (Å²) in [6, 6.07) is 21.3. The molecule has 4 rings (SSSR count). The molecule has 1 heterocycles. The summed E-state index contributed by atoms with van der Waals surface area (Å²) >= 11 is 6.38. The second kappa shape index (κ2) is 10.4. The van der Waals surface area contributed by atoms with Gasteiger partial charge in [0.15, 0.2) is 11.6 Å². The van der Waals surface area contributed by atoms with Gasteiger partial charge in [-0.15, -0.1) is 0 Å². The second-order valence-corrected chi connectivity index (χ2v) is 8.87. The number of hydrogen-bond acceptors (Lipinski definition) is 3. The Bertz CT molecular complexity index is 1050. The smallest absolute Gasteiger partial charge is 0.165 e. The molecule has 0 N–H and O–H groups in total. The number of rotatable bonds is 7. The molecular formula is C27H30ClFN2O. The largest absolute Gasteiger partial charge is 0.483 e. The van der Waals surface area contributed by atoms with E-state index in [0.29, 0.717) is 5.75 Å². The van der Waals surface area contributed by atoms with E-state index in [2.05, 4.69) is 34.9 Å². The minimum absolute atomic E-state index is 0.200. The van der Waals surface area contributed by atoms with Crippen LogP contribution in [0.4, 0.5) is 10.1 Å². The molecule has 3 aromatic rings. The molecule has 5 heteroatoms. The topological polar surface area (TPSA) is 15.7 Å². The quantitative estimate of drug-likeness (QED) is 0.411. The average Bonchev–Trinajstić information content (AvgIpc) is 2.80. The first-order valence-corrected chi connectivity index (χ1v) is 11.6. The first-order valence-electron chi connectivity index (χ1n) is 11.2. The maximum Gasteiger partial charge on any atom is 0.165 e. The van der Waals surface area contributed by atoms with Gasteiger partial charge in [-0.05, 0) is 54.8 Å². The molecule has 3 nitrogen and oxygen atoms in total. The van der Waals surface area contributed by atoms with Crippen LogP contribution in [0.5, 0.6) is 5.75 Å². The van der Waals surface area contributed by atoms with E-state index in [1.807, 2.05) is 37.3 Å². The van der Waals surface area contributed by atoms with E-state index in [1.165, 1.54) is 6.07 Å². The van der Waals surface area contributed by atoms with Gasteiger partial charge >= 0.3 is 0 Å². The molecule has 0 aliphatic carbocycles. The first-order chi connectivity index (χ1) is 15.5. The van der Waals surface area contributed by atoms with Crippen LogP contribution in [0.15, 0.2) is 66.7 Å². The van der Waals surface area contributed by atoms with Gasteiger partial charge in [0.1, 0.15) is 6.10 Å². The molecule has 32 heavy (non-hydrogen) atoms. The van der Waals surface area contributed by atoms with Crippen molar-refractivity contribution in [3.63, 3.8) is 0 Å². The number of benzene rings is 3. The van der Waals surface area contributed by atoms with Gasteiger partial charge in [-0.25, -0.2) is 4.39 Å². The van der Waals surface area contributed by atoms with Crippen LogP contribution >= 0.6 is 11.6 Å². The molecule has 0 saturated carbocycles. The Morgan fingerprint density at radius 3 is 2.41 bits per heavy atom. The van der Waals surface area contributed by atoms with Crippen molar-refractivity contribution in [2.24, 2.45) is 0 Å². The molecule has 1 aliphatic heterocycles. The number of hydrogen-bond donors (Lipinski definition) is 0. The van der Waals surface area contributed by atoms with E-state index in [1.54, 1.807) is 12.1 Å². The summed E-state index contributed by atoms with van der Waals surface area (Å²) in [6.45, 7) is 8.73. The van der Waals surface area contributed by atoms with E-state index >= 15 is 0 Å². The van der Waals surface area contributed by atoms with Gasteiger partial charge in [0.2, 0.25) is 0 Å². The monoisotopic (exact) mass is 452 g/mol. The van der Waals surface area contributed by atoms with Crippen LogP contribution in [0.1, 0.15) is 29.2 Å².